The van der Waals surface area contributed by atoms with E-state index in [0.29, 0.717) is 0 Å². The molecule has 0 saturated heterocycles. The minimum absolute atomic E-state index is 0.00694. The van der Waals surface area contributed by atoms with Gasteiger partial charge in [-0.2, -0.15) is 0 Å². The first kappa shape index (κ1) is 12.4. The van der Waals surface area contributed by atoms with Crippen LogP contribution in [0.15, 0.2) is 53.5 Å². The Kier molecular flexibility index (Phi) is 3.78. The monoisotopic (exact) mass is 239 g/mol. The number of hydrogen-bond acceptors (Lipinski definition) is 1. The molecule has 2 heteroatoms. The topological polar surface area (TPSA) is 22.0 Å². The third-order valence-corrected chi connectivity index (χ3v) is 2.92. The van der Waals surface area contributed by atoms with Crippen molar-refractivity contribution < 1.29 is 0 Å². The molecule has 0 bridgehead atoms. The number of aryl methyl sites for hydroxylation is 1. The molecule has 0 saturated carbocycles. The van der Waals surface area contributed by atoms with E-state index in [1.165, 1.54) is 5.56 Å². The van der Waals surface area contributed by atoms with Crippen LogP contribution in [0.5, 0.6) is 0 Å². The highest BCUT2D eigenvalue weighted by Gasteiger charge is 2.00. The van der Waals surface area contributed by atoms with E-state index in [4.69, 9.17) is 0 Å². The van der Waals surface area contributed by atoms with Crippen LogP contribution in [-0.2, 0) is 6.42 Å². The number of nitrogens with zero attached hydrogens (tertiary/aromatic N) is 1. The standard InChI is InChI=1S/C16H17NO/c1-3-5-14-8-11-16(18)17(12-14)15-9-6-13(4-2)7-10-15/h3,5-12H,4H2,1-2H3. The molecule has 0 fully saturated rings. The number of aromatic nitrogens is 1. The minimum atomic E-state index is -0.00694. The predicted molar refractivity (Wildman–Crippen MR) is 76.1 cm³/mol. The molecule has 2 nitrogen and oxygen atoms in total. The lowest BCUT2D eigenvalue weighted by molar-refractivity contribution is 0.983. The van der Waals surface area contributed by atoms with Gasteiger partial charge in [0.05, 0.1) is 0 Å². The lowest BCUT2D eigenvalue weighted by Crippen LogP contribution is -2.16. The van der Waals surface area contributed by atoms with Crippen molar-refractivity contribution in [3.63, 3.8) is 0 Å². The van der Waals surface area contributed by atoms with Crippen molar-refractivity contribution in [1.29, 1.82) is 0 Å². The molecule has 2 rings (SSSR count). The Bertz CT molecular complexity index is 606. The van der Waals surface area contributed by atoms with E-state index in [-0.39, 0.29) is 5.56 Å². The Hall–Kier alpha value is -2.09. The Morgan fingerprint density at radius 1 is 1.11 bits per heavy atom. The van der Waals surface area contributed by atoms with Gasteiger partial charge in [0, 0.05) is 18.0 Å². The molecule has 1 aromatic carbocycles. The smallest absolute Gasteiger partial charge is 0.255 e. The zero-order chi connectivity index (χ0) is 13.0. The molecule has 0 spiro atoms. The SMILES string of the molecule is CC=Cc1ccc(=O)n(-c2ccc(CC)cc2)c1. The Labute approximate surface area is 107 Å². The molecule has 0 N–H and O–H groups in total. The van der Waals surface area contributed by atoms with Gasteiger partial charge in [0.15, 0.2) is 0 Å². The number of benzene rings is 1. The van der Waals surface area contributed by atoms with Crippen molar-refractivity contribution in [2.45, 2.75) is 20.3 Å². The molecule has 92 valence electrons. The van der Waals surface area contributed by atoms with E-state index in [1.54, 1.807) is 10.6 Å². The molecule has 0 unspecified atom stereocenters. The van der Waals surface area contributed by atoms with E-state index in [2.05, 4.69) is 19.1 Å². The largest absolute Gasteiger partial charge is 0.284 e. The summed E-state index contributed by atoms with van der Waals surface area (Å²) in [6.45, 7) is 4.08. The van der Waals surface area contributed by atoms with Crippen molar-refractivity contribution in [1.82, 2.24) is 4.57 Å². The van der Waals surface area contributed by atoms with Gasteiger partial charge < -0.3 is 0 Å². The van der Waals surface area contributed by atoms with Crippen molar-refractivity contribution in [3.8, 4) is 5.69 Å². The molecule has 0 atom stereocenters. The van der Waals surface area contributed by atoms with Crippen LogP contribution in [-0.4, -0.2) is 4.57 Å². The number of pyridine rings is 1. The fourth-order valence-electron chi connectivity index (χ4n) is 1.89. The first-order valence-corrected chi connectivity index (χ1v) is 6.19. The van der Waals surface area contributed by atoms with Gasteiger partial charge in [-0.25, -0.2) is 0 Å². The fraction of sp³-hybridized carbons (Fsp3) is 0.188. The summed E-state index contributed by atoms with van der Waals surface area (Å²) >= 11 is 0. The van der Waals surface area contributed by atoms with E-state index in [1.807, 2.05) is 43.5 Å². The first-order chi connectivity index (χ1) is 8.74. The molecule has 0 radical (unpaired) electrons. The summed E-state index contributed by atoms with van der Waals surface area (Å²) in [4.78, 5) is 11.9. The van der Waals surface area contributed by atoms with Crippen LogP contribution in [0.25, 0.3) is 11.8 Å². The summed E-state index contributed by atoms with van der Waals surface area (Å²) in [5.41, 5.74) is 3.20. The summed E-state index contributed by atoms with van der Waals surface area (Å²) in [5, 5.41) is 0. The van der Waals surface area contributed by atoms with Crippen molar-refractivity contribution in [3.05, 3.63) is 70.2 Å². The maximum Gasteiger partial charge on any atom is 0.255 e. The van der Waals surface area contributed by atoms with E-state index in [9.17, 15) is 4.79 Å². The lowest BCUT2D eigenvalue weighted by Gasteiger charge is -2.07. The Balaban J connectivity index is 2.48. The van der Waals surface area contributed by atoms with Gasteiger partial charge in [-0.1, -0.05) is 31.2 Å². The molecular weight excluding hydrogens is 222 g/mol. The Morgan fingerprint density at radius 3 is 2.44 bits per heavy atom. The minimum Gasteiger partial charge on any atom is -0.284 e. The lowest BCUT2D eigenvalue weighted by atomic mass is 10.1. The van der Waals surface area contributed by atoms with Gasteiger partial charge in [0.25, 0.3) is 5.56 Å². The van der Waals surface area contributed by atoms with Gasteiger partial charge in [-0.15, -0.1) is 0 Å². The second-order valence-corrected chi connectivity index (χ2v) is 4.19. The van der Waals surface area contributed by atoms with Gasteiger partial charge in [0.2, 0.25) is 0 Å². The molecule has 1 aromatic heterocycles. The maximum atomic E-state index is 11.9. The van der Waals surface area contributed by atoms with Crippen LogP contribution in [0, 0.1) is 0 Å². The van der Waals surface area contributed by atoms with E-state index < -0.39 is 0 Å². The zero-order valence-corrected chi connectivity index (χ0v) is 10.8. The van der Waals surface area contributed by atoms with Gasteiger partial charge >= 0.3 is 0 Å². The van der Waals surface area contributed by atoms with Crippen molar-refractivity contribution in [2.75, 3.05) is 0 Å². The molecule has 18 heavy (non-hydrogen) atoms. The molecule has 1 heterocycles. The number of rotatable bonds is 3. The molecule has 2 aromatic rings. The van der Waals surface area contributed by atoms with Crippen LogP contribution >= 0.6 is 0 Å². The Morgan fingerprint density at radius 2 is 1.83 bits per heavy atom. The van der Waals surface area contributed by atoms with Crippen LogP contribution in [0.4, 0.5) is 0 Å². The normalized spacial score (nSPS) is 11.0. The zero-order valence-electron chi connectivity index (χ0n) is 10.8. The number of hydrogen-bond donors (Lipinski definition) is 0. The van der Waals surface area contributed by atoms with Gasteiger partial charge in [-0.05, 0) is 42.7 Å². The van der Waals surface area contributed by atoms with E-state index >= 15 is 0 Å². The van der Waals surface area contributed by atoms with Crippen LogP contribution in [0.1, 0.15) is 25.0 Å². The summed E-state index contributed by atoms with van der Waals surface area (Å²) in [6.07, 6.45) is 6.82. The van der Waals surface area contributed by atoms with Gasteiger partial charge in [0.1, 0.15) is 0 Å². The summed E-state index contributed by atoms with van der Waals surface area (Å²) in [6, 6.07) is 11.5. The van der Waals surface area contributed by atoms with Crippen molar-refractivity contribution >= 4 is 6.08 Å². The summed E-state index contributed by atoms with van der Waals surface area (Å²) in [7, 11) is 0. The highest BCUT2D eigenvalue weighted by Crippen LogP contribution is 2.10. The first-order valence-electron chi connectivity index (χ1n) is 6.19. The molecular formula is C16H17NO. The van der Waals surface area contributed by atoms with Crippen molar-refractivity contribution in [2.24, 2.45) is 0 Å². The molecule has 0 amide bonds. The third kappa shape index (κ3) is 2.59. The third-order valence-electron chi connectivity index (χ3n) is 2.92. The second kappa shape index (κ2) is 5.50. The molecule has 0 aliphatic rings. The predicted octanol–water partition coefficient (Wildman–Crippen LogP) is 3.43. The molecule has 0 aliphatic heterocycles. The molecule has 0 aliphatic carbocycles. The van der Waals surface area contributed by atoms with Crippen LogP contribution in [0.3, 0.4) is 0 Å². The average Bonchev–Trinajstić information content (AvgIpc) is 2.41. The van der Waals surface area contributed by atoms with Crippen LogP contribution < -0.4 is 5.56 Å². The van der Waals surface area contributed by atoms with Crippen LogP contribution in [0.2, 0.25) is 0 Å². The average molecular weight is 239 g/mol. The highest BCUT2D eigenvalue weighted by atomic mass is 16.1. The second-order valence-electron chi connectivity index (χ2n) is 4.19. The van der Waals surface area contributed by atoms with Gasteiger partial charge in [-0.3, -0.25) is 9.36 Å². The number of allylic oxidation sites excluding steroid dienone is 1. The maximum absolute atomic E-state index is 11.9. The summed E-state index contributed by atoms with van der Waals surface area (Å²) < 4.78 is 1.68. The highest BCUT2D eigenvalue weighted by molar-refractivity contribution is 5.48. The summed E-state index contributed by atoms with van der Waals surface area (Å²) in [5.74, 6) is 0. The quantitative estimate of drug-likeness (QED) is 0.804. The van der Waals surface area contributed by atoms with E-state index in [0.717, 1.165) is 17.7 Å². The fourth-order valence-corrected chi connectivity index (χ4v) is 1.89.